The Morgan fingerprint density at radius 1 is 1.29 bits per heavy atom. The summed E-state index contributed by atoms with van der Waals surface area (Å²) in [6.07, 6.45) is 1.86. The van der Waals surface area contributed by atoms with Gasteiger partial charge in [-0.2, -0.15) is 0 Å². The molecule has 0 amide bonds. The highest BCUT2D eigenvalue weighted by atomic mass is 19.1. The fourth-order valence-corrected chi connectivity index (χ4v) is 1.15. The standard InChI is InChI=1S/C10H14F2N2/c1-2-3-4-14-10-8(11)5-7(13)6-9(10)12/h5-6,14H,2-4,13H2,1H3. The molecule has 0 saturated heterocycles. The van der Waals surface area contributed by atoms with Gasteiger partial charge in [-0.05, 0) is 18.6 Å². The Morgan fingerprint density at radius 2 is 1.86 bits per heavy atom. The number of hydrogen-bond donors (Lipinski definition) is 2. The molecule has 1 aromatic carbocycles. The molecular formula is C10H14F2N2. The summed E-state index contributed by atoms with van der Waals surface area (Å²) in [5, 5.41) is 2.70. The first kappa shape index (κ1) is 10.8. The van der Waals surface area contributed by atoms with Crippen LogP contribution >= 0.6 is 0 Å². The quantitative estimate of drug-likeness (QED) is 0.579. The summed E-state index contributed by atoms with van der Waals surface area (Å²) in [6, 6.07) is 2.22. The number of halogens is 2. The van der Waals surface area contributed by atoms with Gasteiger partial charge in [0, 0.05) is 12.2 Å². The summed E-state index contributed by atoms with van der Waals surface area (Å²) in [5.74, 6) is -1.28. The van der Waals surface area contributed by atoms with Crippen LogP contribution in [0.2, 0.25) is 0 Å². The molecule has 0 radical (unpaired) electrons. The van der Waals surface area contributed by atoms with E-state index in [-0.39, 0.29) is 11.4 Å². The number of rotatable bonds is 4. The van der Waals surface area contributed by atoms with Gasteiger partial charge < -0.3 is 11.1 Å². The van der Waals surface area contributed by atoms with E-state index in [1.165, 1.54) is 0 Å². The van der Waals surface area contributed by atoms with E-state index >= 15 is 0 Å². The lowest BCUT2D eigenvalue weighted by Gasteiger charge is -2.08. The van der Waals surface area contributed by atoms with Crippen LogP contribution in [0.4, 0.5) is 20.2 Å². The van der Waals surface area contributed by atoms with Crippen LogP contribution < -0.4 is 11.1 Å². The Balaban J connectivity index is 2.75. The maximum Gasteiger partial charge on any atom is 0.151 e. The first-order valence-electron chi connectivity index (χ1n) is 4.63. The third-order valence-electron chi connectivity index (χ3n) is 1.90. The number of anilines is 2. The molecule has 0 bridgehead atoms. The van der Waals surface area contributed by atoms with Crippen molar-refractivity contribution in [3.8, 4) is 0 Å². The number of benzene rings is 1. The Morgan fingerprint density at radius 3 is 2.36 bits per heavy atom. The summed E-state index contributed by atoms with van der Waals surface area (Å²) >= 11 is 0. The smallest absolute Gasteiger partial charge is 0.151 e. The van der Waals surface area contributed by atoms with Crippen LogP contribution in [0.15, 0.2) is 12.1 Å². The molecule has 3 N–H and O–H groups in total. The summed E-state index contributed by atoms with van der Waals surface area (Å²) in [7, 11) is 0. The van der Waals surface area contributed by atoms with Crippen molar-refractivity contribution >= 4 is 11.4 Å². The van der Waals surface area contributed by atoms with Crippen LogP contribution in [0, 0.1) is 11.6 Å². The third-order valence-corrected chi connectivity index (χ3v) is 1.90. The largest absolute Gasteiger partial charge is 0.399 e. The second-order valence-electron chi connectivity index (χ2n) is 3.14. The van der Waals surface area contributed by atoms with Crippen molar-refractivity contribution in [1.82, 2.24) is 0 Å². The van der Waals surface area contributed by atoms with Gasteiger partial charge in [0.25, 0.3) is 0 Å². The summed E-state index contributed by atoms with van der Waals surface area (Å²) in [5.41, 5.74) is 5.28. The van der Waals surface area contributed by atoms with Crippen molar-refractivity contribution < 1.29 is 8.78 Å². The van der Waals surface area contributed by atoms with Gasteiger partial charge in [0.05, 0.1) is 0 Å². The van der Waals surface area contributed by atoms with Crippen LogP contribution in [-0.4, -0.2) is 6.54 Å². The molecule has 4 heteroatoms. The zero-order valence-corrected chi connectivity index (χ0v) is 8.11. The van der Waals surface area contributed by atoms with Crippen molar-refractivity contribution in [3.63, 3.8) is 0 Å². The van der Waals surface area contributed by atoms with E-state index in [2.05, 4.69) is 5.32 Å². The Hall–Kier alpha value is -1.32. The van der Waals surface area contributed by atoms with E-state index < -0.39 is 11.6 Å². The fourth-order valence-electron chi connectivity index (χ4n) is 1.15. The van der Waals surface area contributed by atoms with Gasteiger partial charge in [0.15, 0.2) is 11.6 Å². The molecule has 2 nitrogen and oxygen atoms in total. The van der Waals surface area contributed by atoms with Gasteiger partial charge in [0.2, 0.25) is 0 Å². The van der Waals surface area contributed by atoms with Crippen molar-refractivity contribution in [1.29, 1.82) is 0 Å². The van der Waals surface area contributed by atoms with Gasteiger partial charge in [-0.25, -0.2) is 8.78 Å². The lowest BCUT2D eigenvalue weighted by Crippen LogP contribution is -2.06. The molecule has 14 heavy (non-hydrogen) atoms. The van der Waals surface area contributed by atoms with Crippen molar-refractivity contribution in [2.24, 2.45) is 0 Å². The highest BCUT2D eigenvalue weighted by Gasteiger charge is 2.08. The lowest BCUT2D eigenvalue weighted by atomic mass is 10.2. The molecule has 0 atom stereocenters. The molecule has 0 unspecified atom stereocenters. The maximum atomic E-state index is 13.2. The van der Waals surface area contributed by atoms with Gasteiger partial charge in [-0.1, -0.05) is 13.3 Å². The topological polar surface area (TPSA) is 38.0 Å². The minimum absolute atomic E-state index is 0.0901. The molecule has 0 aliphatic carbocycles. The molecule has 0 fully saturated rings. The maximum absolute atomic E-state index is 13.2. The number of nitrogen functional groups attached to an aromatic ring is 1. The van der Waals surface area contributed by atoms with Crippen LogP contribution in [0.25, 0.3) is 0 Å². The number of hydrogen-bond acceptors (Lipinski definition) is 2. The molecule has 78 valence electrons. The highest BCUT2D eigenvalue weighted by molar-refractivity contribution is 5.53. The molecular weight excluding hydrogens is 186 g/mol. The zero-order valence-electron chi connectivity index (χ0n) is 8.11. The van der Waals surface area contributed by atoms with Crippen LogP contribution in [0.5, 0.6) is 0 Å². The first-order valence-corrected chi connectivity index (χ1v) is 4.63. The summed E-state index contributed by atoms with van der Waals surface area (Å²) in [6.45, 7) is 2.58. The second-order valence-corrected chi connectivity index (χ2v) is 3.14. The third kappa shape index (κ3) is 2.58. The number of nitrogens with one attached hydrogen (secondary N) is 1. The molecule has 0 heterocycles. The predicted molar refractivity (Wildman–Crippen MR) is 54.2 cm³/mol. The Bertz CT molecular complexity index is 290. The van der Waals surface area contributed by atoms with Gasteiger partial charge in [-0.15, -0.1) is 0 Å². The zero-order chi connectivity index (χ0) is 10.6. The first-order chi connectivity index (χ1) is 6.65. The minimum Gasteiger partial charge on any atom is -0.399 e. The van der Waals surface area contributed by atoms with E-state index in [9.17, 15) is 8.78 Å². The average molecular weight is 200 g/mol. The second kappa shape index (κ2) is 4.79. The number of unbranched alkanes of at least 4 members (excludes halogenated alkanes) is 1. The molecule has 0 aliphatic rings. The molecule has 0 aromatic heterocycles. The van der Waals surface area contributed by atoms with Gasteiger partial charge in [0.1, 0.15) is 5.69 Å². The van der Waals surface area contributed by atoms with E-state index in [0.29, 0.717) is 6.54 Å². The SMILES string of the molecule is CCCCNc1c(F)cc(N)cc1F. The number of nitrogens with two attached hydrogens (primary N) is 1. The Kier molecular flexibility index (Phi) is 3.68. The van der Waals surface area contributed by atoms with Gasteiger partial charge >= 0.3 is 0 Å². The fraction of sp³-hybridized carbons (Fsp3) is 0.400. The van der Waals surface area contributed by atoms with Crippen LogP contribution in [0.1, 0.15) is 19.8 Å². The predicted octanol–water partition coefficient (Wildman–Crippen LogP) is 2.76. The van der Waals surface area contributed by atoms with Crippen molar-refractivity contribution in [3.05, 3.63) is 23.8 Å². The van der Waals surface area contributed by atoms with Crippen molar-refractivity contribution in [2.45, 2.75) is 19.8 Å². The minimum atomic E-state index is -0.640. The lowest BCUT2D eigenvalue weighted by molar-refractivity contribution is 0.588. The molecule has 1 rings (SSSR count). The van der Waals surface area contributed by atoms with Crippen LogP contribution in [-0.2, 0) is 0 Å². The molecule has 0 aliphatic heterocycles. The van der Waals surface area contributed by atoms with E-state index in [1.54, 1.807) is 0 Å². The van der Waals surface area contributed by atoms with E-state index in [4.69, 9.17) is 5.73 Å². The van der Waals surface area contributed by atoms with Gasteiger partial charge in [-0.3, -0.25) is 0 Å². The summed E-state index contributed by atoms with van der Waals surface area (Å²) in [4.78, 5) is 0. The molecule has 0 spiro atoms. The monoisotopic (exact) mass is 200 g/mol. The average Bonchev–Trinajstić information content (AvgIpc) is 2.09. The highest BCUT2D eigenvalue weighted by Crippen LogP contribution is 2.21. The van der Waals surface area contributed by atoms with Crippen LogP contribution in [0.3, 0.4) is 0 Å². The summed E-state index contributed by atoms with van der Waals surface area (Å²) < 4.78 is 26.3. The van der Waals surface area contributed by atoms with Crippen molar-refractivity contribution in [2.75, 3.05) is 17.6 Å². The normalized spacial score (nSPS) is 10.2. The molecule has 1 aromatic rings. The Labute approximate surface area is 82.1 Å². The van der Waals surface area contributed by atoms with E-state index in [0.717, 1.165) is 25.0 Å². The molecule has 0 saturated carbocycles. The van der Waals surface area contributed by atoms with E-state index in [1.807, 2.05) is 6.92 Å².